The fourth-order valence-electron chi connectivity index (χ4n) is 2.05. The quantitative estimate of drug-likeness (QED) is 0.872. The van der Waals surface area contributed by atoms with Gasteiger partial charge in [0.15, 0.2) is 5.96 Å². The van der Waals surface area contributed by atoms with Gasteiger partial charge in [0, 0.05) is 5.69 Å². The normalized spacial score (nSPS) is 13.8. The molecule has 1 aliphatic heterocycles. The lowest BCUT2D eigenvalue weighted by molar-refractivity contribution is 0.236. The molecule has 0 spiro atoms. The van der Waals surface area contributed by atoms with Crippen LogP contribution in [-0.4, -0.2) is 30.0 Å². The number of urea groups is 1. The van der Waals surface area contributed by atoms with Gasteiger partial charge in [-0.3, -0.25) is 9.89 Å². The SMILES string of the molecule is CCc1cccc(C)c1NC(=O)N1CCN=C1N.Cl. The van der Waals surface area contributed by atoms with E-state index in [2.05, 4.69) is 17.2 Å². The molecule has 1 aliphatic rings. The summed E-state index contributed by atoms with van der Waals surface area (Å²) >= 11 is 0. The minimum atomic E-state index is -0.210. The first-order valence-electron chi connectivity index (χ1n) is 6.10. The second kappa shape index (κ2) is 6.43. The molecule has 2 rings (SSSR count). The van der Waals surface area contributed by atoms with E-state index in [1.165, 1.54) is 4.90 Å². The van der Waals surface area contributed by atoms with Crippen LogP contribution in [0.15, 0.2) is 23.2 Å². The molecule has 5 nitrogen and oxygen atoms in total. The van der Waals surface area contributed by atoms with Crippen molar-refractivity contribution in [1.29, 1.82) is 0 Å². The molecule has 2 amide bonds. The zero-order chi connectivity index (χ0) is 13.1. The van der Waals surface area contributed by atoms with Crippen LogP contribution in [0.4, 0.5) is 10.5 Å². The topological polar surface area (TPSA) is 70.7 Å². The van der Waals surface area contributed by atoms with Crippen LogP contribution < -0.4 is 11.1 Å². The molecule has 3 N–H and O–H groups in total. The van der Waals surface area contributed by atoms with Crippen molar-refractivity contribution in [2.75, 3.05) is 18.4 Å². The summed E-state index contributed by atoms with van der Waals surface area (Å²) in [6.07, 6.45) is 0.876. The molecule has 1 heterocycles. The minimum absolute atomic E-state index is 0. The van der Waals surface area contributed by atoms with Crippen molar-refractivity contribution in [1.82, 2.24) is 4.90 Å². The van der Waals surface area contributed by atoms with Crippen molar-refractivity contribution in [3.63, 3.8) is 0 Å². The van der Waals surface area contributed by atoms with E-state index in [4.69, 9.17) is 5.73 Å². The zero-order valence-electron chi connectivity index (χ0n) is 11.1. The number of nitrogens with zero attached hydrogens (tertiary/aromatic N) is 2. The number of rotatable bonds is 2. The maximum Gasteiger partial charge on any atom is 0.328 e. The average molecular weight is 283 g/mol. The lowest BCUT2D eigenvalue weighted by atomic mass is 10.1. The van der Waals surface area contributed by atoms with E-state index in [-0.39, 0.29) is 18.4 Å². The van der Waals surface area contributed by atoms with E-state index < -0.39 is 0 Å². The highest BCUT2D eigenvalue weighted by Crippen LogP contribution is 2.21. The van der Waals surface area contributed by atoms with Crippen LogP contribution in [-0.2, 0) is 6.42 Å². The van der Waals surface area contributed by atoms with Gasteiger partial charge in [-0.1, -0.05) is 25.1 Å². The standard InChI is InChI=1S/C13H18N4O.ClH/c1-3-10-6-4-5-9(2)11(10)16-13(18)17-8-7-15-12(17)14;/h4-6H,3,7-8H2,1-2H3,(H2,14,15)(H,16,18);1H. The number of amides is 2. The lowest BCUT2D eigenvalue weighted by Crippen LogP contribution is -2.41. The zero-order valence-corrected chi connectivity index (χ0v) is 12.0. The molecule has 0 fully saturated rings. The van der Waals surface area contributed by atoms with Gasteiger partial charge >= 0.3 is 6.03 Å². The summed E-state index contributed by atoms with van der Waals surface area (Å²) in [5.41, 5.74) is 8.71. The van der Waals surface area contributed by atoms with Crippen molar-refractivity contribution < 1.29 is 4.79 Å². The average Bonchev–Trinajstić information content (AvgIpc) is 2.78. The van der Waals surface area contributed by atoms with Crippen LogP contribution in [0.25, 0.3) is 0 Å². The second-order valence-corrected chi connectivity index (χ2v) is 4.28. The molecule has 0 aromatic heterocycles. The number of hydrogen-bond donors (Lipinski definition) is 2. The molecule has 0 saturated heterocycles. The molecule has 0 unspecified atom stereocenters. The van der Waals surface area contributed by atoms with Crippen molar-refractivity contribution >= 4 is 30.1 Å². The number of aliphatic imine (C=N–C) groups is 1. The van der Waals surface area contributed by atoms with Crippen molar-refractivity contribution in [2.24, 2.45) is 10.7 Å². The Hall–Kier alpha value is -1.75. The van der Waals surface area contributed by atoms with Gasteiger partial charge in [-0.2, -0.15) is 0 Å². The molecule has 0 aliphatic carbocycles. The number of nitrogens with one attached hydrogen (secondary N) is 1. The number of carbonyl (C=O) groups is 1. The van der Waals surface area contributed by atoms with Gasteiger partial charge in [-0.05, 0) is 24.5 Å². The molecule has 6 heteroatoms. The van der Waals surface area contributed by atoms with Crippen molar-refractivity contribution in [2.45, 2.75) is 20.3 Å². The van der Waals surface area contributed by atoms with E-state index in [9.17, 15) is 4.79 Å². The molecule has 19 heavy (non-hydrogen) atoms. The molecule has 104 valence electrons. The third-order valence-electron chi connectivity index (χ3n) is 3.09. The van der Waals surface area contributed by atoms with Crippen LogP contribution >= 0.6 is 12.4 Å². The molecule has 1 aromatic carbocycles. The Balaban J connectivity index is 0.00000180. The number of aryl methyl sites for hydroxylation is 2. The van der Waals surface area contributed by atoms with Gasteiger partial charge in [-0.25, -0.2) is 4.79 Å². The van der Waals surface area contributed by atoms with E-state index in [1.807, 2.05) is 25.1 Å². The fraction of sp³-hybridized carbons (Fsp3) is 0.385. The first-order valence-corrected chi connectivity index (χ1v) is 6.10. The summed E-state index contributed by atoms with van der Waals surface area (Å²) < 4.78 is 0. The number of carbonyl (C=O) groups excluding carboxylic acids is 1. The Kier molecular flexibility index (Phi) is 5.18. The molecule has 0 radical (unpaired) electrons. The third-order valence-corrected chi connectivity index (χ3v) is 3.09. The van der Waals surface area contributed by atoms with Gasteiger partial charge in [0.2, 0.25) is 0 Å². The Morgan fingerprint density at radius 3 is 2.84 bits per heavy atom. The Bertz CT molecular complexity index is 501. The number of para-hydroxylation sites is 1. The lowest BCUT2D eigenvalue weighted by Gasteiger charge is -2.19. The van der Waals surface area contributed by atoms with Gasteiger partial charge in [0.05, 0.1) is 13.1 Å². The molecule has 1 aromatic rings. The van der Waals surface area contributed by atoms with Crippen LogP contribution in [0.1, 0.15) is 18.1 Å². The second-order valence-electron chi connectivity index (χ2n) is 4.28. The largest absolute Gasteiger partial charge is 0.369 e. The molecule has 0 saturated carbocycles. The third kappa shape index (κ3) is 3.17. The first-order chi connectivity index (χ1) is 8.63. The number of benzene rings is 1. The van der Waals surface area contributed by atoms with E-state index in [1.54, 1.807) is 0 Å². The Morgan fingerprint density at radius 2 is 2.26 bits per heavy atom. The van der Waals surface area contributed by atoms with Gasteiger partial charge < -0.3 is 11.1 Å². The van der Waals surface area contributed by atoms with Crippen LogP contribution in [0, 0.1) is 6.92 Å². The Morgan fingerprint density at radius 1 is 1.53 bits per heavy atom. The number of guanidine groups is 1. The van der Waals surface area contributed by atoms with Crippen LogP contribution in [0.3, 0.4) is 0 Å². The molecular weight excluding hydrogens is 264 g/mol. The maximum atomic E-state index is 12.1. The molecular formula is C13H19ClN4O. The summed E-state index contributed by atoms with van der Waals surface area (Å²) in [6, 6.07) is 5.79. The highest BCUT2D eigenvalue weighted by molar-refractivity contribution is 6.03. The smallest absolute Gasteiger partial charge is 0.328 e. The van der Waals surface area contributed by atoms with Crippen LogP contribution in [0.2, 0.25) is 0 Å². The van der Waals surface area contributed by atoms with Gasteiger partial charge in [0.1, 0.15) is 0 Å². The minimum Gasteiger partial charge on any atom is -0.369 e. The van der Waals surface area contributed by atoms with Crippen molar-refractivity contribution in [3.05, 3.63) is 29.3 Å². The summed E-state index contributed by atoms with van der Waals surface area (Å²) in [7, 11) is 0. The fourth-order valence-corrected chi connectivity index (χ4v) is 2.05. The predicted molar refractivity (Wildman–Crippen MR) is 80.0 cm³/mol. The highest BCUT2D eigenvalue weighted by Gasteiger charge is 2.22. The van der Waals surface area contributed by atoms with Crippen molar-refractivity contribution in [3.8, 4) is 0 Å². The highest BCUT2D eigenvalue weighted by atomic mass is 35.5. The number of anilines is 1. The summed E-state index contributed by atoms with van der Waals surface area (Å²) in [4.78, 5) is 17.6. The maximum absolute atomic E-state index is 12.1. The molecule has 0 bridgehead atoms. The van der Waals surface area contributed by atoms with E-state index in [0.717, 1.165) is 23.2 Å². The summed E-state index contributed by atoms with van der Waals surface area (Å²) in [5.74, 6) is 0.291. The van der Waals surface area contributed by atoms with Gasteiger partial charge in [0.25, 0.3) is 0 Å². The summed E-state index contributed by atoms with van der Waals surface area (Å²) in [5, 5.41) is 2.93. The number of nitrogens with two attached hydrogens (primary N) is 1. The predicted octanol–water partition coefficient (Wildman–Crippen LogP) is 2.14. The monoisotopic (exact) mass is 282 g/mol. The van der Waals surface area contributed by atoms with E-state index >= 15 is 0 Å². The number of hydrogen-bond acceptors (Lipinski definition) is 3. The van der Waals surface area contributed by atoms with Crippen LogP contribution in [0.5, 0.6) is 0 Å². The first kappa shape index (κ1) is 15.3. The number of halogens is 1. The molecule has 0 atom stereocenters. The Labute approximate surface area is 119 Å². The van der Waals surface area contributed by atoms with E-state index in [0.29, 0.717) is 19.0 Å². The summed E-state index contributed by atoms with van der Waals surface area (Å²) in [6.45, 7) is 5.17. The van der Waals surface area contributed by atoms with Gasteiger partial charge in [-0.15, -0.1) is 12.4 Å².